The first kappa shape index (κ1) is 16.5. The van der Waals surface area contributed by atoms with E-state index in [2.05, 4.69) is 0 Å². The molecule has 0 heterocycles. The average Bonchev–Trinajstić information content (AvgIpc) is 2.60. The van der Waals surface area contributed by atoms with Crippen molar-refractivity contribution in [2.75, 3.05) is 13.7 Å². The number of esters is 1. The van der Waals surface area contributed by atoms with Gasteiger partial charge in [-0.2, -0.15) is 0 Å². The molecule has 0 fully saturated rings. The number of ketones is 1. The standard InChI is InChI=1S/C18H18O5/c1-21-15-8-5-9-16(12-15)22-11-10-17(19)18(20)23-13-14-6-3-2-4-7-14/h2-9,12H,10-11,13H2,1H3. The van der Waals surface area contributed by atoms with Crippen LogP contribution in [0, 0.1) is 0 Å². The number of hydrogen-bond donors (Lipinski definition) is 0. The van der Waals surface area contributed by atoms with Crippen molar-refractivity contribution in [3.05, 3.63) is 60.2 Å². The van der Waals surface area contributed by atoms with Crippen molar-refractivity contribution in [1.29, 1.82) is 0 Å². The Morgan fingerprint density at radius 1 is 0.957 bits per heavy atom. The van der Waals surface area contributed by atoms with Crippen LogP contribution in [0.3, 0.4) is 0 Å². The van der Waals surface area contributed by atoms with Gasteiger partial charge in [-0.25, -0.2) is 4.79 Å². The molecule has 2 aromatic carbocycles. The lowest BCUT2D eigenvalue weighted by Gasteiger charge is -2.07. The van der Waals surface area contributed by atoms with Crippen molar-refractivity contribution in [3.8, 4) is 11.5 Å². The smallest absolute Gasteiger partial charge is 0.375 e. The molecule has 5 nitrogen and oxygen atoms in total. The molecule has 0 amide bonds. The lowest BCUT2D eigenvalue weighted by molar-refractivity contribution is -0.155. The number of carbonyl (C=O) groups is 2. The molecule has 0 bridgehead atoms. The highest BCUT2D eigenvalue weighted by Crippen LogP contribution is 2.18. The topological polar surface area (TPSA) is 61.8 Å². The summed E-state index contributed by atoms with van der Waals surface area (Å²) in [5, 5.41) is 0. The van der Waals surface area contributed by atoms with E-state index in [-0.39, 0.29) is 19.6 Å². The van der Waals surface area contributed by atoms with E-state index in [1.54, 1.807) is 31.4 Å². The molecule has 23 heavy (non-hydrogen) atoms. The van der Waals surface area contributed by atoms with Crippen LogP contribution in [-0.2, 0) is 20.9 Å². The van der Waals surface area contributed by atoms with Gasteiger partial charge in [-0.1, -0.05) is 36.4 Å². The minimum absolute atomic E-state index is 0.0369. The molecular formula is C18H18O5. The van der Waals surface area contributed by atoms with Gasteiger partial charge in [0.25, 0.3) is 0 Å². The number of Topliss-reactive ketones (excluding diaryl/α,β-unsaturated/α-hetero) is 1. The van der Waals surface area contributed by atoms with Crippen molar-refractivity contribution >= 4 is 11.8 Å². The molecule has 5 heteroatoms. The maximum Gasteiger partial charge on any atom is 0.375 e. The predicted molar refractivity (Wildman–Crippen MR) is 84.4 cm³/mol. The molecule has 120 valence electrons. The van der Waals surface area contributed by atoms with E-state index in [9.17, 15) is 9.59 Å². The van der Waals surface area contributed by atoms with Gasteiger partial charge in [0.1, 0.15) is 18.1 Å². The van der Waals surface area contributed by atoms with Gasteiger partial charge in [-0.05, 0) is 17.7 Å². The molecule has 0 saturated carbocycles. The SMILES string of the molecule is COc1cccc(OCCC(=O)C(=O)OCc2ccccc2)c1. The van der Waals surface area contributed by atoms with Crippen LogP contribution >= 0.6 is 0 Å². The highest BCUT2D eigenvalue weighted by molar-refractivity contribution is 6.33. The largest absolute Gasteiger partial charge is 0.497 e. The van der Waals surface area contributed by atoms with E-state index < -0.39 is 11.8 Å². The number of benzene rings is 2. The maximum atomic E-state index is 11.7. The molecule has 0 aliphatic rings. The van der Waals surface area contributed by atoms with Crippen molar-refractivity contribution < 1.29 is 23.8 Å². The van der Waals surface area contributed by atoms with E-state index in [0.717, 1.165) is 5.56 Å². The zero-order valence-corrected chi connectivity index (χ0v) is 12.9. The molecular weight excluding hydrogens is 296 g/mol. The summed E-state index contributed by atoms with van der Waals surface area (Å²) in [4.78, 5) is 23.3. The molecule has 0 unspecified atom stereocenters. The molecule has 0 atom stereocenters. The molecule has 0 N–H and O–H groups in total. The highest BCUT2D eigenvalue weighted by atomic mass is 16.5. The summed E-state index contributed by atoms with van der Waals surface area (Å²) < 4.78 is 15.5. The number of hydrogen-bond acceptors (Lipinski definition) is 5. The van der Waals surface area contributed by atoms with Crippen LogP contribution in [0.15, 0.2) is 54.6 Å². The molecule has 2 rings (SSSR count). The summed E-state index contributed by atoms with van der Waals surface area (Å²) in [5.41, 5.74) is 0.835. The van der Waals surface area contributed by atoms with E-state index in [1.807, 2.05) is 30.3 Å². The van der Waals surface area contributed by atoms with Crippen LogP contribution in [0.5, 0.6) is 11.5 Å². The van der Waals surface area contributed by atoms with Gasteiger partial charge in [-0.3, -0.25) is 4.79 Å². The second-order valence-electron chi connectivity index (χ2n) is 4.76. The van der Waals surface area contributed by atoms with Gasteiger partial charge in [0.05, 0.1) is 20.1 Å². The van der Waals surface area contributed by atoms with E-state index in [4.69, 9.17) is 14.2 Å². The fourth-order valence-electron chi connectivity index (χ4n) is 1.86. The van der Waals surface area contributed by atoms with Gasteiger partial charge < -0.3 is 14.2 Å². The van der Waals surface area contributed by atoms with Crippen molar-refractivity contribution in [2.45, 2.75) is 13.0 Å². The van der Waals surface area contributed by atoms with Crippen LogP contribution < -0.4 is 9.47 Å². The molecule has 0 saturated heterocycles. The number of carbonyl (C=O) groups excluding carboxylic acids is 2. The van der Waals surface area contributed by atoms with Gasteiger partial charge >= 0.3 is 5.97 Å². The van der Waals surface area contributed by atoms with E-state index in [1.165, 1.54) is 0 Å². The van der Waals surface area contributed by atoms with Crippen LogP contribution in [0.4, 0.5) is 0 Å². The number of rotatable bonds is 8. The molecule has 0 aliphatic heterocycles. The van der Waals surface area contributed by atoms with Gasteiger partial charge in [0.15, 0.2) is 0 Å². The van der Waals surface area contributed by atoms with Crippen LogP contribution in [0.1, 0.15) is 12.0 Å². The molecule has 0 spiro atoms. The maximum absolute atomic E-state index is 11.7. The van der Waals surface area contributed by atoms with Crippen LogP contribution in [-0.4, -0.2) is 25.5 Å². The number of methoxy groups -OCH3 is 1. The Balaban J connectivity index is 1.72. The van der Waals surface area contributed by atoms with Crippen LogP contribution in [0.25, 0.3) is 0 Å². The van der Waals surface area contributed by atoms with Gasteiger partial charge in [0, 0.05) is 6.07 Å². The van der Waals surface area contributed by atoms with Crippen molar-refractivity contribution in [2.24, 2.45) is 0 Å². The predicted octanol–water partition coefficient (Wildman–Crippen LogP) is 2.78. The van der Waals surface area contributed by atoms with Gasteiger partial charge in [-0.15, -0.1) is 0 Å². The van der Waals surface area contributed by atoms with Crippen molar-refractivity contribution in [3.63, 3.8) is 0 Å². The monoisotopic (exact) mass is 314 g/mol. The highest BCUT2D eigenvalue weighted by Gasteiger charge is 2.15. The summed E-state index contributed by atoms with van der Waals surface area (Å²) in [6.45, 7) is 0.189. The zero-order valence-electron chi connectivity index (χ0n) is 12.9. The summed E-state index contributed by atoms with van der Waals surface area (Å²) >= 11 is 0. The Kier molecular flexibility index (Phi) is 6.17. The minimum atomic E-state index is -0.844. The minimum Gasteiger partial charge on any atom is -0.497 e. The molecule has 0 aromatic heterocycles. The second-order valence-corrected chi connectivity index (χ2v) is 4.76. The third kappa shape index (κ3) is 5.47. The second kappa shape index (κ2) is 8.58. The third-order valence-corrected chi connectivity index (χ3v) is 3.08. The first-order chi connectivity index (χ1) is 11.2. The number of ether oxygens (including phenoxy) is 3. The lowest BCUT2D eigenvalue weighted by Crippen LogP contribution is -2.19. The quantitative estimate of drug-likeness (QED) is 0.554. The normalized spacial score (nSPS) is 9.96. The van der Waals surface area contributed by atoms with Gasteiger partial charge in [0.2, 0.25) is 5.78 Å². The average molecular weight is 314 g/mol. The van der Waals surface area contributed by atoms with Crippen molar-refractivity contribution in [1.82, 2.24) is 0 Å². The Morgan fingerprint density at radius 3 is 2.43 bits per heavy atom. The summed E-state index contributed by atoms with van der Waals surface area (Å²) in [6.07, 6.45) is -0.0369. The Morgan fingerprint density at radius 2 is 1.70 bits per heavy atom. The molecule has 2 aromatic rings. The third-order valence-electron chi connectivity index (χ3n) is 3.08. The Labute approximate surface area is 134 Å². The van der Waals surface area contributed by atoms with Crippen LogP contribution in [0.2, 0.25) is 0 Å². The first-order valence-corrected chi connectivity index (χ1v) is 7.20. The van der Waals surface area contributed by atoms with E-state index >= 15 is 0 Å². The lowest BCUT2D eigenvalue weighted by atomic mass is 10.2. The summed E-state index contributed by atoms with van der Waals surface area (Å²) in [5.74, 6) is -0.210. The molecule has 0 aliphatic carbocycles. The molecule has 0 radical (unpaired) electrons. The Bertz CT molecular complexity index is 651. The summed E-state index contributed by atoms with van der Waals surface area (Å²) in [7, 11) is 1.56. The zero-order chi connectivity index (χ0) is 16.5. The summed E-state index contributed by atoms with van der Waals surface area (Å²) in [6, 6.07) is 16.2. The fraction of sp³-hybridized carbons (Fsp3) is 0.222. The van der Waals surface area contributed by atoms with E-state index in [0.29, 0.717) is 11.5 Å². The fourth-order valence-corrected chi connectivity index (χ4v) is 1.86. The first-order valence-electron chi connectivity index (χ1n) is 7.20. The Hall–Kier alpha value is -2.82.